The molecular weight excluding hydrogens is 303 g/mol. The maximum Gasteiger partial charge on any atom is 0.416 e. The van der Waals surface area contributed by atoms with Crippen LogP contribution in [0.2, 0.25) is 0 Å². The fourth-order valence-corrected chi connectivity index (χ4v) is 1.65. The second-order valence-corrected chi connectivity index (χ2v) is 5.66. The van der Waals surface area contributed by atoms with Crippen LogP contribution in [0.25, 0.3) is 0 Å². The van der Waals surface area contributed by atoms with Gasteiger partial charge in [-0.15, -0.1) is 0 Å². The smallest absolute Gasteiger partial charge is 0.389 e. The van der Waals surface area contributed by atoms with Gasteiger partial charge < -0.3 is 16.8 Å². The molecule has 0 aliphatic carbocycles. The molecule has 0 aromatic heterocycles. The zero-order valence-electron chi connectivity index (χ0n) is 11.5. The lowest BCUT2D eigenvalue weighted by Crippen LogP contribution is -2.37. The molecule has 4 nitrogen and oxygen atoms in total. The molecule has 0 heterocycles. The van der Waals surface area contributed by atoms with E-state index in [1.54, 1.807) is 13.8 Å². The number of hydrogen-bond acceptors (Lipinski definition) is 3. The number of nitrogens with one attached hydrogen (secondary N) is 1. The highest BCUT2D eigenvalue weighted by atomic mass is 32.1. The summed E-state index contributed by atoms with van der Waals surface area (Å²) in [6.07, 6.45) is -4.48. The highest BCUT2D eigenvalue weighted by molar-refractivity contribution is 7.80. The molecule has 21 heavy (non-hydrogen) atoms. The molecule has 5 N–H and O–H groups in total. The molecule has 1 aromatic carbocycles. The SMILES string of the molecule is CC(C)(CNc1ccc(C(F)(F)F)cc1C(N)=S)C(N)=O. The number of alkyl halides is 3. The van der Waals surface area contributed by atoms with Crippen LogP contribution in [0.5, 0.6) is 0 Å². The van der Waals surface area contributed by atoms with Crippen LogP contribution in [0.4, 0.5) is 18.9 Å². The molecule has 1 aromatic rings. The normalized spacial score (nSPS) is 12.0. The number of carbonyl (C=O) groups is 1. The van der Waals surface area contributed by atoms with Gasteiger partial charge in [-0.3, -0.25) is 4.79 Å². The van der Waals surface area contributed by atoms with Crippen molar-refractivity contribution in [3.63, 3.8) is 0 Å². The fourth-order valence-electron chi connectivity index (χ4n) is 1.48. The molecule has 0 unspecified atom stereocenters. The molecular formula is C13H16F3N3OS. The summed E-state index contributed by atoms with van der Waals surface area (Å²) >= 11 is 4.77. The van der Waals surface area contributed by atoms with Crippen LogP contribution in [0.15, 0.2) is 18.2 Å². The van der Waals surface area contributed by atoms with Crippen molar-refractivity contribution in [3.05, 3.63) is 29.3 Å². The monoisotopic (exact) mass is 319 g/mol. The first-order chi connectivity index (χ1) is 9.45. The summed E-state index contributed by atoms with van der Waals surface area (Å²) in [6.45, 7) is 3.38. The van der Waals surface area contributed by atoms with Crippen LogP contribution in [0.1, 0.15) is 25.0 Å². The summed E-state index contributed by atoms with van der Waals surface area (Å²) < 4.78 is 38.0. The van der Waals surface area contributed by atoms with Gasteiger partial charge in [-0.05, 0) is 32.0 Å². The van der Waals surface area contributed by atoms with Gasteiger partial charge in [-0.1, -0.05) is 12.2 Å². The highest BCUT2D eigenvalue weighted by Gasteiger charge is 2.31. The zero-order valence-corrected chi connectivity index (χ0v) is 12.4. The Hall–Kier alpha value is -1.83. The van der Waals surface area contributed by atoms with Crippen LogP contribution in [0, 0.1) is 5.41 Å². The van der Waals surface area contributed by atoms with E-state index in [0.717, 1.165) is 12.1 Å². The summed E-state index contributed by atoms with van der Waals surface area (Å²) in [5.41, 5.74) is 9.38. The van der Waals surface area contributed by atoms with Gasteiger partial charge in [-0.2, -0.15) is 13.2 Å². The minimum Gasteiger partial charge on any atom is -0.389 e. The van der Waals surface area contributed by atoms with E-state index < -0.39 is 23.1 Å². The van der Waals surface area contributed by atoms with Gasteiger partial charge in [0.25, 0.3) is 0 Å². The molecule has 1 rings (SSSR count). The third kappa shape index (κ3) is 4.32. The topological polar surface area (TPSA) is 81.1 Å². The maximum absolute atomic E-state index is 12.7. The molecule has 0 atom stereocenters. The van der Waals surface area contributed by atoms with Crippen molar-refractivity contribution in [2.24, 2.45) is 16.9 Å². The number of nitrogens with two attached hydrogens (primary N) is 2. The number of halogens is 3. The predicted molar refractivity (Wildman–Crippen MR) is 78.8 cm³/mol. The van der Waals surface area contributed by atoms with Crippen molar-refractivity contribution >= 4 is 28.8 Å². The molecule has 8 heteroatoms. The van der Waals surface area contributed by atoms with E-state index >= 15 is 0 Å². The largest absolute Gasteiger partial charge is 0.416 e. The average Bonchev–Trinajstić information content (AvgIpc) is 2.34. The Morgan fingerprint density at radius 1 is 1.29 bits per heavy atom. The number of benzene rings is 1. The van der Waals surface area contributed by atoms with Crippen molar-refractivity contribution in [3.8, 4) is 0 Å². The number of thiocarbonyl (C=S) groups is 1. The second-order valence-electron chi connectivity index (χ2n) is 5.22. The number of carbonyl (C=O) groups excluding carboxylic acids is 1. The van der Waals surface area contributed by atoms with Gasteiger partial charge >= 0.3 is 6.18 Å². The van der Waals surface area contributed by atoms with Crippen molar-refractivity contribution in [2.45, 2.75) is 20.0 Å². The van der Waals surface area contributed by atoms with Crippen LogP contribution in [-0.4, -0.2) is 17.4 Å². The van der Waals surface area contributed by atoms with E-state index in [0.29, 0.717) is 5.69 Å². The minimum absolute atomic E-state index is 0.0695. The summed E-state index contributed by atoms with van der Waals surface area (Å²) in [4.78, 5) is 11.1. The summed E-state index contributed by atoms with van der Waals surface area (Å²) in [6, 6.07) is 3.03. The van der Waals surface area contributed by atoms with Gasteiger partial charge in [0.05, 0.1) is 11.0 Å². The third-order valence-corrected chi connectivity index (χ3v) is 3.22. The molecule has 0 aliphatic heterocycles. The maximum atomic E-state index is 12.7. The lowest BCUT2D eigenvalue weighted by Gasteiger charge is -2.23. The number of rotatable bonds is 5. The van der Waals surface area contributed by atoms with E-state index in [1.165, 1.54) is 6.07 Å². The van der Waals surface area contributed by atoms with Crippen LogP contribution in [0.3, 0.4) is 0 Å². The van der Waals surface area contributed by atoms with E-state index in [9.17, 15) is 18.0 Å². The number of primary amides is 1. The molecule has 0 fully saturated rings. The van der Waals surface area contributed by atoms with Gasteiger partial charge in [0, 0.05) is 17.8 Å². The quantitative estimate of drug-likeness (QED) is 0.727. The molecule has 0 saturated carbocycles. The molecule has 0 aliphatic rings. The van der Waals surface area contributed by atoms with Gasteiger partial charge in [-0.25, -0.2) is 0 Å². The first kappa shape index (κ1) is 17.2. The van der Waals surface area contributed by atoms with Crippen LogP contribution in [-0.2, 0) is 11.0 Å². The first-order valence-electron chi connectivity index (χ1n) is 6.00. The number of hydrogen-bond donors (Lipinski definition) is 3. The molecule has 0 radical (unpaired) electrons. The Bertz CT molecular complexity index is 570. The van der Waals surface area contributed by atoms with E-state index in [2.05, 4.69) is 5.32 Å². The molecule has 0 bridgehead atoms. The van der Waals surface area contributed by atoms with E-state index in [1.807, 2.05) is 0 Å². The van der Waals surface area contributed by atoms with Crippen molar-refractivity contribution < 1.29 is 18.0 Å². The third-order valence-electron chi connectivity index (χ3n) is 3.00. The Balaban J connectivity index is 3.09. The highest BCUT2D eigenvalue weighted by Crippen LogP contribution is 2.32. The minimum atomic E-state index is -4.48. The average molecular weight is 319 g/mol. The standard InChI is InChI=1S/C13H16F3N3OS/c1-12(2,11(18)20)6-19-9-4-3-7(13(14,15)16)5-8(9)10(17)21/h3-5,19H,6H2,1-2H3,(H2,17,21)(H2,18,20). The molecule has 1 amide bonds. The van der Waals surface area contributed by atoms with Crippen molar-refractivity contribution in [1.82, 2.24) is 0 Å². The summed E-state index contributed by atoms with van der Waals surface area (Å²) in [7, 11) is 0. The lowest BCUT2D eigenvalue weighted by atomic mass is 9.92. The van der Waals surface area contributed by atoms with E-state index in [-0.39, 0.29) is 17.1 Å². The van der Waals surface area contributed by atoms with Gasteiger partial charge in [0.2, 0.25) is 5.91 Å². The number of anilines is 1. The van der Waals surface area contributed by atoms with Crippen LogP contribution < -0.4 is 16.8 Å². The number of amides is 1. The predicted octanol–water partition coefficient (Wildman–Crippen LogP) is 2.26. The van der Waals surface area contributed by atoms with Crippen molar-refractivity contribution in [1.29, 1.82) is 0 Å². The fraction of sp³-hybridized carbons (Fsp3) is 0.385. The Kier molecular flexibility index (Phi) is 4.83. The molecule has 116 valence electrons. The Morgan fingerprint density at radius 3 is 2.29 bits per heavy atom. The zero-order chi connectivity index (χ0) is 16.4. The first-order valence-corrected chi connectivity index (χ1v) is 6.41. The molecule has 0 spiro atoms. The summed E-state index contributed by atoms with van der Waals surface area (Å²) in [5.74, 6) is -0.529. The van der Waals surface area contributed by atoms with E-state index in [4.69, 9.17) is 23.7 Å². The lowest BCUT2D eigenvalue weighted by molar-refractivity contribution is -0.137. The Morgan fingerprint density at radius 2 is 1.86 bits per heavy atom. The van der Waals surface area contributed by atoms with Gasteiger partial charge in [0.15, 0.2) is 0 Å². The van der Waals surface area contributed by atoms with Crippen LogP contribution >= 0.6 is 12.2 Å². The summed E-state index contributed by atoms with van der Waals surface area (Å²) in [5, 5.41) is 2.86. The second kappa shape index (κ2) is 5.88. The van der Waals surface area contributed by atoms with Gasteiger partial charge in [0.1, 0.15) is 4.99 Å². The van der Waals surface area contributed by atoms with Crippen molar-refractivity contribution in [2.75, 3.05) is 11.9 Å². The molecule has 0 saturated heterocycles. The Labute approximate surface area is 125 Å².